The zero-order valence-electron chi connectivity index (χ0n) is 13.9. The lowest BCUT2D eigenvalue weighted by Gasteiger charge is -2.39. The number of hydrogen-bond acceptors (Lipinski definition) is 4. The van der Waals surface area contributed by atoms with Crippen LogP contribution in [0, 0.1) is 0 Å². The number of benzene rings is 1. The number of aromatic nitrogens is 1. The van der Waals surface area contributed by atoms with Gasteiger partial charge < -0.3 is 10.1 Å². The summed E-state index contributed by atoms with van der Waals surface area (Å²) in [6, 6.07) is 17.4. The number of nitrogens with one attached hydrogen (secondary N) is 1. The van der Waals surface area contributed by atoms with Crippen LogP contribution in [0.4, 0.5) is 0 Å². The molecule has 1 aromatic carbocycles. The molecule has 3 atom stereocenters. The Morgan fingerprint density at radius 1 is 1.17 bits per heavy atom. The summed E-state index contributed by atoms with van der Waals surface area (Å²) in [6.45, 7) is 0.863. The average Bonchev–Trinajstić information content (AvgIpc) is 3.09. The molecule has 3 nitrogen and oxygen atoms in total. The molecular weight excluding hydrogens is 316 g/mol. The Morgan fingerprint density at radius 2 is 2.04 bits per heavy atom. The monoisotopic (exact) mass is 340 g/mol. The van der Waals surface area contributed by atoms with Crippen molar-refractivity contribution in [1.82, 2.24) is 10.3 Å². The molecule has 2 saturated heterocycles. The summed E-state index contributed by atoms with van der Waals surface area (Å²) in [5.74, 6) is 2.37. The van der Waals surface area contributed by atoms with Gasteiger partial charge in [-0.15, -0.1) is 0 Å². The van der Waals surface area contributed by atoms with Gasteiger partial charge in [0.15, 0.2) is 0 Å². The number of hydrogen-bond donors (Lipinski definition) is 1. The van der Waals surface area contributed by atoms with E-state index < -0.39 is 0 Å². The van der Waals surface area contributed by atoms with Crippen molar-refractivity contribution in [2.75, 3.05) is 18.1 Å². The first-order chi connectivity index (χ1) is 11.8. The maximum absolute atomic E-state index is 6.17. The summed E-state index contributed by atoms with van der Waals surface area (Å²) in [6.07, 6.45) is 5.25. The van der Waals surface area contributed by atoms with Crippen LogP contribution in [0.3, 0.4) is 0 Å². The van der Waals surface area contributed by atoms with Crippen molar-refractivity contribution < 1.29 is 4.74 Å². The lowest BCUT2D eigenvalue weighted by molar-refractivity contribution is -0.0709. The molecule has 1 N–H and O–H groups in total. The van der Waals surface area contributed by atoms with Gasteiger partial charge in [-0.1, -0.05) is 36.4 Å². The highest BCUT2D eigenvalue weighted by atomic mass is 32.2. The highest BCUT2D eigenvalue weighted by molar-refractivity contribution is 7.99. The molecule has 126 valence electrons. The van der Waals surface area contributed by atoms with Gasteiger partial charge in [0.05, 0.1) is 17.3 Å². The average molecular weight is 340 g/mol. The fourth-order valence-electron chi connectivity index (χ4n) is 3.81. The van der Waals surface area contributed by atoms with Crippen molar-refractivity contribution >= 4 is 11.8 Å². The van der Waals surface area contributed by atoms with Gasteiger partial charge >= 0.3 is 0 Å². The van der Waals surface area contributed by atoms with Gasteiger partial charge in [-0.2, -0.15) is 11.8 Å². The van der Waals surface area contributed by atoms with E-state index in [0.29, 0.717) is 6.04 Å². The van der Waals surface area contributed by atoms with Crippen LogP contribution in [0.5, 0.6) is 0 Å². The smallest absolute Gasteiger partial charge is 0.0795 e. The van der Waals surface area contributed by atoms with Gasteiger partial charge in [0.25, 0.3) is 0 Å². The van der Waals surface area contributed by atoms with Crippen LogP contribution in [0.2, 0.25) is 0 Å². The first-order valence-corrected chi connectivity index (χ1v) is 9.94. The molecule has 2 aliphatic rings. The number of ether oxygens (including phenoxy) is 1. The molecule has 1 spiro atoms. The molecule has 1 aromatic heterocycles. The number of rotatable bonds is 4. The van der Waals surface area contributed by atoms with Crippen LogP contribution in [-0.2, 0) is 4.74 Å². The van der Waals surface area contributed by atoms with Crippen molar-refractivity contribution in [3.63, 3.8) is 0 Å². The second kappa shape index (κ2) is 7.26. The third kappa shape index (κ3) is 3.51. The Balaban J connectivity index is 1.56. The molecule has 0 radical (unpaired) electrons. The molecule has 4 heteroatoms. The first-order valence-electron chi connectivity index (χ1n) is 8.78. The molecule has 2 aromatic rings. The molecular formula is C20H24N2OS. The predicted molar refractivity (Wildman–Crippen MR) is 99.3 cm³/mol. The van der Waals surface area contributed by atoms with Crippen molar-refractivity contribution in [1.29, 1.82) is 0 Å². The molecule has 3 unspecified atom stereocenters. The molecule has 2 aliphatic heterocycles. The van der Waals surface area contributed by atoms with Crippen LogP contribution in [0.15, 0.2) is 54.7 Å². The van der Waals surface area contributed by atoms with E-state index in [1.165, 1.54) is 17.7 Å². The summed E-state index contributed by atoms with van der Waals surface area (Å²) in [5, 5.41) is 3.89. The van der Waals surface area contributed by atoms with Gasteiger partial charge in [0.2, 0.25) is 0 Å². The van der Waals surface area contributed by atoms with E-state index in [2.05, 4.69) is 52.8 Å². The van der Waals surface area contributed by atoms with Gasteiger partial charge in [-0.3, -0.25) is 4.98 Å². The van der Waals surface area contributed by atoms with E-state index in [-0.39, 0.29) is 11.6 Å². The summed E-state index contributed by atoms with van der Waals surface area (Å²) in [5.41, 5.74) is 2.47. The molecule has 24 heavy (non-hydrogen) atoms. The van der Waals surface area contributed by atoms with Gasteiger partial charge in [-0.25, -0.2) is 0 Å². The van der Waals surface area contributed by atoms with Gasteiger partial charge in [-0.05, 0) is 42.7 Å². The fraction of sp³-hybridized carbons (Fsp3) is 0.450. The van der Waals surface area contributed by atoms with Gasteiger partial charge in [0, 0.05) is 24.6 Å². The van der Waals surface area contributed by atoms with E-state index in [1.54, 1.807) is 0 Å². The summed E-state index contributed by atoms with van der Waals surface area (Å²) >= 11 is 2.03. The van der Waals surface area contributed by atoms with E-state index in [1.807, 2.05) is 24.0 Å². The van der Waals surface area contributed by atoms with Crippen LogP contribution in [0.25, 0.3) is 0 Å². The number of pyridine rings is 1. The Morgan fingerprint density at radius 3 is 2.79 bits per heavy atom. The highest BCUT2D eigenvalue weighted by Crippen LogP contribution is 2.39. The predicted octanol–water partition coefficient (Wildman–Crippen LogP) is 3.82. The Bertz CT molecular complexity index is 604. The number of nitrogens with zero attached hydrogens (tertiary/aromatic N) is 1. The summed E-state index contributed by atoms with van der Waals surface area (Å²) < 4.78 is 6.17. The van der Waals surface area contributed by atoms with Crippen LogP contribution in [-0.4, -0.2) is 34.7 Å². The molecule has 0 aliphatic carbocycles. The van der Waals surface area contributed by atoms with Crippen LogP contribution >= 0.6 is 11.8 Å². The van der Waals surface area contributed by atoms with E-state index in [9.17, 15) is 0 Å². The standard InChI is InChI=1S/C20H24N2OS/c1-2-6-16(7-3-1)19(18-8-4-5-11-21-18)22-17-9-12-23-20(14-17)10-13-24-15-20/h1-8,11,17,19,22H,9-10,12-15H2. The lowest BCUT2D eigenvalue weighted by Crippen LogP contribution is -2.48. The van der Waals surface area contributed by atoms with Crippen molar-refractivity contribution in [3.8, 4) is 0 Å². The Kier molecular flexibility index (Phi) is 4.88. The van der Waals surface area contributed by atoms with Crippen LogP contribution in [0.1, 0.15) is 36.6 Å². The normalized spacial score (nSPS) is 28.1. The molecule has 0 amide bonds. The highest BCUT2D eigenvalue weighted by Gasteiger charge is 2.41. The van der Waals surface area contributed by atoms with Gasteiger partial charge in [0.1, 0.15) is 0 Å². The molecule has 0 saturated carbocycles. The summed E-state index contributed by atoms with van der Waals surface area (Å²) in [4.78, 5) is 4.61. The third-order valence-electron chi connectivity index (χ3n) is 5.08. The zero-order chi connectivity index (χ0) is 16.2. The van der Waals surface area contributed by atoms with Crippen molar-refractivity contribution in [2.45, 2.75) is 36.9 Å². The topological polar surface area (TPSA) is 34.1 Å². The minimum atomic E-state index is 0.103. The first kappa shape index (κ1) is 16.1. The van der Waals surface area contributed by atoms with Crippen molar-refractivity contribution in [3.05, 3.63) is 66.0 Å². The second-order valence-corrected chi connectivity index (χ2v) is 7.89. The maximum atomic E-state index is 6.17. The molecule has 4 rings (SSSR count). The quantitative estimate of drug-likeness (QED) is 0.918. The Hall–Kier alpha value is -1.36. The van der Waals surface area contributed by atoms with Crippen LogP contribution < -0.4 is 5.32 Å². The number of thioether (sulfide) groups is 1. The Labute approximate surface area is 148 Å². The van der Waals surface area contributed by atoms with E-state index in [4.69, 9.17) is 4.74 Å². The zero-order valence-corrected chi connectivity index (χ0v) is 14.7. The maximum Gasteiger partial charge on any atom is 0.0795 e. The minimum absolute atomic E-state index is 0.103. The SMILES string of the molecule is c1ccc(C(NC2CCOC3(CCSC3)C2)c2ccccn2)cc1. The third-order valence-corrected chi connectivity index (χ3v) is 6.30. The molecule has 2 fully saturated rings. The fourth-order valence-corrected chi connectivity index (χ4v) is 5.19. The minimum Gasteiger partial charge on any atom is -0.374 e. The van der Waals surface area contributed by atoms with Crippen molar-refractivity contribution in [2.24, 2.45) is 0 Å². The second-order valence-electron chi connectivity index (χ2n) is 6.79. The summed E-state index contributed by atoms with van der Waals surface area (Å²) in [7, 11) is 0. The molecule has 0 bridgehead atoms. The van der Waals surface area contributed by atoms with E-state index in [0.717, 1.165) is 30.9 Å². The largest absolute Gasteiger partial charge is 0.374 e. The molecule has 3 heterocycles. The van der Waals surface area contributed by atoms with E-state index >= 15 is 0 Å². The lowest BCUT2D eigenvalue weighted by atomic mass is 9.88.